The molecule has 0 spiro atoms. The second kappa shape index (κ2) is 9.37. The number of ketones is 1. The van der Waals surface area contributed by atoms with Gasteiger partial charge in [0.15, 0.2) is 12.4 Å². The predicted molar refractivity (Wildman–Crippen MR) is 142 cm³/mol. The van der Waals surface area contributed by atoms with Gasteiger partial charge in [-0.15, -0.1) is 11.3 Å². The SMILES string of the molecule is Cc1nn(-c2ccccc2)c2c1[C@@H](c1ccccc1OCC(=O)O)C1=C(C[C@H](c3cccs3)CC1=O)N2. The number of Topliss-reactive ketones (excluding diaryl/α,β-unsaturated/α-hetero) is 1. The average Bonchev–Trinajstić information content (AvgIpc) is 3.56. The number of benzene rings is 2. The number of rotatable bonds is 6. The first-order valence-electron chi connectivity index (χ1n) is 12.2. The van der Waals surface area contributed by atoms with Gasteiger partial charge in [0.2, 0.25) is 0 Å². The minimum atomic E-state index is -1.05. The molecule has 0 unspecified atom stereocenters. The number of fused-ring (bicyclic) bond motifs is 1. The molecule has 0 amide bonds. The predicted octanol–water partition coefficient (Wildman–Crippen LogP) is 5.66. The van der Waals surface area contributed by atoms with Crippen LogP contribution >= 0.6 is 11.3 Å². The zero-order valence-corrected chi connectivity index (χ0v) is 21.0. The van der Waals surface area contributed by atoms with Crippen molar-refractivity contribution in [1.82, 2.24) is 9.78 Å². The van der Waals surface area contributed by atoms with Crippen molar-refractivity contribution in [2.24, 2.45) is 0 Å². The molecular formula is C29H25N3O4S. The summed E-state index contributed by atoms with van der Waals surface area (Å²) in [4.78, 5) is 26.3. The number of carboxylic acids is 1. The van der Waals surface area contributed by atoms with E-state index in [1.165, 1.54) is 4.88 Å². The number of carbonyl (C=O) groups excluding carboxylic acids is 1. The lowest BCUT2D eigenvalue weighted by Gasteiger charge is -2.36. The highest BCUT2D eigenvalue weighted by Gasteiger charge is 2.42. The third-order valence-electron chi connectivity index (χ3n) is 6.99. The Labute approximate surface area is 218 Å². The summed E-state index contributed by atoms with van der Waals surface area (Å²) < 4.78 is 7.60. The van der Waals surface area contributed by atoms with Gasteiger partial charge in [0, 0.05) is 45.5 Å². The molecule has 2 atom stereocenters. The molecular weight excluding hydrogens is 486 g/mol. The summed E-state index contributed by atoms with van der Waals surface area (Å²) in [7, 11) is 0. The number of hydrogen-bond acceptors (Lipinski definition) is 6. The van der Waals surface area contributed by atoms with E-state index in [9.17, 15) is 14.7 Å². The first-order valence-corrected chi connectivity index (χ1v) is 13.0. The van der Waals surface area contributed by atoms with Crippen molar-refractivity contribution in [1.29, 1.82) is 0 Å². The summed E-state index contributed by atoms with van der Waals surface area (Å²) >= 11 is 1.67. The van der Waals surface area contributed by atoms with Crippen molar-refractivity contribution >= 4 is 28.9 Å². The average molecular weight is 512 g/mol. The van der Waals surface area contributed by atoms with Gasteiger partial charge in [-0.2, -0.15) is 5.10 Å². The topological polar surface area (TPSA) is 93.5 Å². The first-order chi connectivity index (χ1) is 18.0. The van der Waals surface area contributed by atoms with Gasteiger partial charge in [0.1, 0.15) is 11.6 Å². The Morgan fingerprint density at radius 1 is 1.11 bits per heavy atom. The first kappa shape index (κ1) is 23.2. The molecule has 186 valence electrons. The van der Waals surface area contributed by atoms with Gasteiger partial charge in [-0.3, -0.25) is 4.79 Å². The fourth-order valence-corrected chi connectivity index (χ4v) is 6.29. The lowest BCUT2D eigenvalue weighted by atomic mass is 9.73. The molecule has 7 nitrogen and oxygen atoms in total. The molecule has 1 aliphatic heterocycles. The van der Waals surface area contributed by atoms with Crippen LogP contribution in [0.2, 0.25) is 0 Å². The quantitative estimate of drug-likeness (QED) is 0.347. The van der Waals surface area contributed by atoms with Crippen LogP contribution in [0.25, 0.3) is 5.69 Å². The Kier molecular flexibility index (Phi) is 5.88. The maximum absolute atomic E-state index is 13.8. The molecule has 0 bridgehead atoms. The van der Waals surface area contributed by atoms with Crippen LogP contribution in [0.1, 0.15) is 46.4 Å². The molecule has 2 aromatic carbocycles. The number of para-hydroxylation sites is 2. The number of aryl methyl sites for hydroxylation is 1. The molecule has 8 heteroatoms. The Morgan fingerprint density at radius 3 is 2.65 bits per heavy atom. The van der Waals surface area contributed by atoms with Crippen LogP contribution in [0, 0.1) is 6.92 Å². The molecule has 6 rings (SSSR count). The Balaban J connectivity index is 1.54. The largest absolute Gasteiger partial charge is 0.482 e. The lowest BCUT2D eigenvalue weighted by Crippen LogP contribution is -2.30. The third-order valence-corrected chi connectivity index (χ3v) is 8.02. The van der Waals surface area contributed by atoms with E-state index in [2.05, 4.69) is 11.4 Å². The molecule has 2 aliphatic rings. The second-order valence-corrected chi connectivity index (χ2v) is 10.3. The highest BCUT2D eigenvalue weighted by Crippen LogP contribution is 2.51. The summed E-state index contributed by atoms with van der Waals surface area (Å²) in [5, 5.41) is 19.8. The van der Waals surface area contributed by atoms with Gasteiger partial charge in [-0.25, -0.2) is 9.48 Å². The standard InChI is InChI=1S/C29H25N3O4S/c1-17-26-27(20-10-5-6-11-23(20)36-16-25(34)35)28-21(14-18(15-22(28)33)24-12-7-13-37-24)30-29(26)32(31-17)19-8-3-2-4-9-19/h2-13,18,27,30H,14-16H2,1H3,(H,34,35)/t18-,27+/m0/s1. The van der Waals surface area contributed by atoms with Crippen LogP contribution in [-0.4, -0.2) is 33.2 Å². The van der Waals surface area contributed by atoms with E-state index in [1.54, 1.807) is 17.4 Å². The number of thiophene rings is 1. The number of nitrogens with zero attached hydrogens (tertiary/aromatic N) is 2. The Hall–Kier alpha value is -4.17. The number of carboxylic acid groups (broad SMARTS) is 1. The molecule has 0 fully saturated rings. The van der Waals surface area contributed by atoms with Crippen molar-refractivity contribution in [2.75, 3.05) is 11.9 Å². The van der Waals surface area contributed by atoms with Gasteiger partial charge in [0.05, 0.1) is 11.4 Å². The second-order valence-electron chi connectivity index (χ2n) is 9.31. The Morgan fingerprint density at radius 2 is 1.89 bits per heavy atom. The van der Waals surface area contributed by atoms with E-state index in [-0.39, 0.29) is 11.7 Å². The minimum absolute atomic E-state index is 0.0858. The summed E-state index contributed by atoms with van der Waals surface area (Å²) in [6.07, 6.45) is 1.13. The van der Waals surface area contributed by atoms with Gasteiger partial charge in [-0.1, -0.05) is 42.5 Å². The molecule has 0 saturated carbocycles. The van der Waals surface area contributed by atoms with Gasteiger partial charge < -0.3 is 15.2 Å². The zero-order valence-electron chi connectivity index (χ0n) is 20.2. The monoisotopic (exact) mass is 511 g/mol. The number of aromatic nitrogens is 2. The fourth-order valence-electron chi connectivity index (χ4n) is 5.46. The number of carbonyl (C=O) groups is 2. The third kappa shape index (κ3) is 4.13. The van der Waals surface area contributed by atoms with Crippen molar-refractivity contribution in [3.8, 4) is 11.4 Å². The number of allylic oxidation sites excluding steroid dienone is 2. The van der Waals surface area contributed by atoms with Crippen LogP contribution < -0.4 is 10.1 Å². The zero-order chi connectivity index (χ0) is 25.5. The van der Waals surface area contributed by atoms with Crippen LogP contribution in [-0.2, 0) is 9.59 Å². The fraction of sp³-hybridized carbons (Fsp3) is 0.207. The smallest absolute Gasteiger partial charge is 0.341 e. The molecule has 2 N–H and O–H groups in total. The molecule has 2 aromatic heterocycles. The molecule has 0 saturated heterocycles. The molecule has 37 heavy (non-hydrogen) atoms. The number of ether oxygens (including phenoxy) is 1. The summed E-state index contributed by atoms with van der Waals surface area (Å²) in [5.74, 6) is -0.0158. The van der Waals surface area contributed by atoms with Gasteiger partial charge in [0.25, 0.3) is 0 Å². The highest BCUT2D eigenvalue weighted by atomic mass is 32.1. The van der Waals surface area contributed by atoms with Gasteiger partial charge in [-0.05, 0) is 43.0 Å². The van der Waals surface area contributed by atoms with Crippen LogP contribution in [0.3, 0.4) is 0 Å². The summed E-state index contributed by atoms with van der Waals surface area (Å²) in [6, 6.07) is 21.4. The Bertz CT molecular complexity index is 1520. The van der Waals surface area contributed by atoms with E-state index in [0.717, 1.165) is 34.0 Å². The van der Waals surface area contributed by atoms with Crippen molar-refractivity contribution < 1.29 is 19.4 Å². The maximum atomic E-state index is 13.8. The van der Waals surface area contributed by atoms with E-state index in [0.29, 0.717) is 24.2 Å². The molecule has 1 aliphatic carbocycles. The summed E-state index contributed by atoms with van der Waals surface area (Å²) in [5.41, 5.74) is 4.97. The normalized spacial score (nSPS) is 18.7. The molecule has 0 radical (unpaired) electrons. The van der Waals surface area contributed by atoms with E-state index < -0.39 is 18.5 Å². The number of aliphatic carboxylic acids is 1. The number of hydrogen-bond donors (Lipinski definition) is 2. The van der Waals surface area contributed by atoms with Crippen molar-refractivity contribution in [3.05, 3.63) is 105 Å². The molecule has 3 heterocycles. The summed E-state index contributed by atoms with van der Waals surface area (Å²) in [6.45, 7) is 1.48. The van der Waals surface area contributed by atoms with Crippen LogP contribution in [0.5, 0.6) is 5.75 Å². The minimum Gasteiger partial charge on any atom is -0.482 e. The van der Waals surface area contributed by atoms with Crippen molar-refractivity contribution in [2.45, 2.75) is 31.6 Å². The van der Waals surface area contributed by atoms with E-state index in [4.69, 9.17) is 9.84 Å². The molecule has 4 aromatic rings. The van der Waals surface area contributed by atoms with Gasteiger partial charge >= 0.3 is 5.97 Å². The van der Waals surface area contributed by atoms with E-state index >= 15 is 0 Å². The van der Waals surface area contributed by atoms with E-state index in [1.807, 2.05) is 71.6 Å². The van der Waals surface area contributed by atoms with Crippen molar-refractivity contribution in [3.63, 3.8) is 0 Å². The number of anilines is 1. The number of nitrogens with one attached hydrogen (secondary N) is 1. The lowest BCUT2D eigenvalue weighted by molar-refractivity contribution is -0.139. The van der Waals surface area contributed by atoms with Crippen LogP contribution in [0.15, 0.2) is 83.4 Å². The maximum Gasteiger partial charge on any atom is 0.341 e. The highest BCUT2D eigenvalue weighted by molar-refractivity contribution is 7.10. The van der Waals surface area contributed by atoms with Crippen LogP contribution in [0.4, 0.5) is 5.82 Å².